The molecule has 6 nitrogen and oxygen atoms in total. The summed E-state index contributed by atoms with van der Waals surface area (Å²) in [6.07, 6.45) is 3.70. The van der Waals surface area contributed by atoms with Crippen LogP contribution in [0.1, 0.15) is 12.5 Å². The van der Waals surface area contributed by atoms with Crippen LogP contribution in [-0.2, 0) is 21.9 Å². The summed E-state index contributed by atoms with van der Waals surface area (Å²) in [6.45, 7) is 1.12. The number of rotatable bonds is 5. The van der Waals surface area contributed by atoms with Crippen molar-refractivity contribution in [3.05, 3.63) is 48.1 Å². The number of aromatic nitrogens is 3. The van der Waals surface area contributed by atoms with E-state index < -0.39 is 32.2 Å². The van der Waals surface area contributed by atoms with Gasteiger partial charge in [0.1, 0.15) is 29.9 Å². The molecule has 0 saturated carbocycles. The Bertz CT molecular complexity index is 764. The molecule has 2 rings (SSSR count). The average Bonchev–Trinajstić information content (AvgIpc) is 2.89. The first kappa shape index (κ1) is 16.5. The maximum Gasteiger partial charge on any atom is 0.137 e. The van der Waals surface area contributed by atoms with Gasteiger partial charge in [0.05, 0.1) is 11.8 Å². The van der Waals surface area contributed by atoms with Crippen molar-refractivity contribution < 1.29 is 18.1 Å². The minimum absolute atomic E-state index is 0.237. The molecule has 3 atom stereocenters. The maximum absolute atomic E-state index is 14.1. The SMILES string of the molecule is C[C@H]([C@](O)(Cn1cncn1)c1ccc(F)cc1F)[S@](C)(=N)=O. The number of aliphatic hydroxyl groups is 1. The van der Waals surface area contributed by atoms with Gasteiger partial charge in [-0.2, -0.15) is 5.10 Å². The number of hydrogen-bond acceptors (Lipinski definition) is 5. The van der Waals surface area contributed by atoms with Gasteiger partial charge in [-0.25, -0.2) is 22.7 Å². The second kappa shape index (κ2) is 5.73. The first-order chi connectivity index (χ1) is 10.1. The number of benzene rings is 1. The van der Waals surface area contributed by atoms with E-state index in [1.807, 2.05) is 0 Å². The van der Waals surface area contributed by atoms with Crippen LogP contribution in [0.3, 0.4) is 0 Å². The zero-order valence-electron chi connectivity index (χ0n) is 12.0. The molecule has 0 unspecified atom stereocenters. The molecule has 0 bridgehead atoms. The fourth-order valence-corrected chi connectivity index (χ4v) is 3.15. The second-order valence-corrected chi connectivity index (χ2v) is 7.70. The summed E-state index contributed by atoms with van der Waals surface area (Å²) < 4.78 is 48.3. The molecule has 2 aromatic rings. The lowest BCUT2D eigenvalue weighted by Gasteiger charge is -2.34. The Hall–Kier alpha value is -1.87. The van der Waals surface area contributed by atoms with Gasteiger partial charge in [0.25, 0.3) is 0 Å². The second-order valence-electron chi connectivity index (χ2n) is 5.19. The van der Waals surface area contributed by atoms with E-state index in [0.29, 0.717) is 6.07 Å². The van der Waals surface area contributed by atoms with Gasteiger partial charge in [0.2, 0.25) is 0 Å². The van der Waals surface area contributed by atoms with Crippen LogP contribution in [0.15, 0.2) is 30.9 Å². The highest BCUT2D eigenvalue weighted by molar-refractivity contribution is 7.92. The van der Waals surface area contributed by atoms with Crippen molar-refractivity contribution in [3.8, 4) is 0 Å². The molecule has 0 spiro atoms. The Kier molecular flexibility index (Phi) is 4.30. The van der Waals surface area contributed by atoms with E-state index in [0.717, 1.165) is 18.4 Å². The standard InChI is InChI=1S/C13H16F2N4O2S/c1-9(22(2,16)21)13(20,6-19-8-17-7-18-19)11-4-3-10(14)5-12(11)15/h3-5,7-9,16,20H,6H2,1-2H3/t9-,13-,22-/m1/s1. The third kappa shape index (κ3) is 3.14. The van der Waals surface area contributed by atoms with Crippen LogP contribution < -0.4 is 0 Å². The molecular formula is C13H16F2N4O2S. The Labute approximate surface area is 126 Å². The molecule has 0 aliphatic rings. The van der Waals surface area contributed by atoms with Crippen LogP contribution in [0.25, 0.3) is 0 Å². The van der Waals surface area contributed by atoms with Crippen molar-refractivity contribution in [2.75, 3.05) is 6.26 Å². The lowest BCUT2D eigenvalue weighted by atomic mass is 9.90. The summed E-state index contributed by atoms with van der Waals surface area (Å²) in [4.78, 5) is 3.73. The van der Waals surface area contributed by atoms with E-state index in [4.69, 9.17) is 4.78 Å². The molecule has 0 aliphatic carbocycles. The minimum atomic E-state index is -3.21. The van der Waals surface area contributed by atoms with E-state index in [1.165, 1.54) is 24.3 Å². The number of nitrogens with one attached hydrogen (secondary N) is 1. The van der Waals surface area contributed by atoms with Crippen LogP contribution >= 0.6 is 0 Å². The van der Waals surface area contributed by atoms with Crippen LogP contribution in [0.5, 0.6) is 0 Å². The summed E-state index contributed by atoms with van der Waals surface area (Å²) in [5, 5.41) is 13.7. The molecule has 9 heteroatoms. The van der Waals surface area contributed by atoms with Gasteiger partial charge in [-0.3, -0.25) is 4.78 Å². The Morgan fingerprint density at radius 3 is 2.68 bits per heavy atom. The molecule has 0 fully saturated rings. The monoisotopic (exact) mass is 330 g/mol. The molecule has 0 aliphatic heterocycles. The Morgan fingerprint density at radius 2 is 2.18 bits per heavy atom. The topological polar surface area (TPSA) is 91.9 Å². The van der Waals surface area contributed by atoms with Crippen molar-refractivity contribution >= 4 is 9.73 Å². The van der Waals surface area contributed by atoms with Gasteiger partial charge in [0.15, 0.2) is 0 Å². The zero-order valence-corrected chi connectivity index (χ0v) is 12.8. The highest BCUT2D eigenvalue weighted by atomic mass is 32.2. The molecule has 22 heavy (non-hydrogen) atoms. The van der Waals surface area contributed by atoms with Crippen molar-refractivity contribution in [2.24, 2.45) is 0 Å². The van der Waals surface area contributed by atoms with Gasteiger partial charge in [-0.15, -0.1) is 0 Å². The molecule has 1 aromatic heterocycles. The third-order valence-electron chi connectivity index (χ3n) is 3.61. The highest BCUT2D eigenvalue weighted by Crippen LogP contribution is 2.33. The Morgan fingerprint density at radius 1 is 1.50 bits per heavy atom. The number of halogens is 2. The van der Waals surface area contributed by atoms with E-state index >= 15 is 0 Å². The molecular weight excluding hydrogens is 314 g/mol. The lowest BCUT2D eigenvalue weighted by Crippen LogP contribution is -2.46. The first-order valence-electron chi connectivity index (χ1n) is 6.37. The van der Waals surface area contributed by atoms with Crippen LogP contribution in [0.2, 0.25) is 0 Å². The van der Waals surface area contributed by atoms with Crippen molar-refractivity contribution in [1.82, 2.24) is 14.8 Å². The molecule has 1 aromatic carbocycles. The molecule has 1 heterocycles. The first-order valence-corrected chi connectivity index (χ1v) is 8.40. The summed E-state index contributed by atoms with van der Waals surface area (Å²) in [7, 11) is -3.21. The van der Waals surface area contributed by atoms with Crippen LogP contribution in [-0.4, -0.2) is 35.6 Å². The molecule has 120 valence electrons. The zero-order chi connectivity index (χ0) is 16.5. The van der Waals surface area contributed by atoms with Gasteiger partial charge >= 0.3 is 0 Å². The smallest absolute Gasteiger partial charge is 0.137 e. The van der Waals surface area contributed by atoms with Crippen LogP contribution in [0.4, 0.5) is 8.78 Å². The Balaban J connectivity index is 2.58. The quantitative estimate of drug-likeness (QED) is 0.869. The van der Waals surface area contributed by atoms with E-state index in [9.17, 15) is 18.1 Å². The fraction of sp³-hybridized carbons (Fsp3) is 0.385. The molecule has 2 N–H and O–H groups in total. The van der Waals surface area contributed by atoms with Gasteiger partial charge in [-0.05, 0) is 13.0 Å². The largest absolute Gasteiger partial charge is 0.382 e. The third-order valence-corrected chi connectivity index (χ3v) is 5.35. The number of hydrogen-bond donors (Lipinski definition) is 2. The summed E-state index contributed by atoms with van der Waals surface area (Å²) in [5.41, 5.74) is -2.24. The van der Waals surface area contributed by atoms with Crippen molar-refractivity contribution in [2.45, 2.75) is 24.3 Å². The predicted octanol–water partition coefficient (Wildman–Crippen LogP) is 1.51. The predicted molar refractivity (Wildman–Crippen MR) is 76.5 cm³/mol. The van der Waals surface area contributed by atoms with Crippen LogP contribution in [0, 0.1) is 16.4 Å². The van der Waals surface area contributed by atoms with E-state index in [1.54, 1.807) is 0 Å². The lowest BCUT2D eigenvalue weighted by molar-refractivity contribution is 0.0118. The molecule has 0 saturated heterocycles. The minimum Gasteiger partial charge on any atom is -0.382 e. The average molecular weight is 330 g/mol. The normalized spacial score (nSPS) is 18.4. The van der Waals surface area contributed by atoms with Gasteiger partial charge < -0.3 is 5.11 Å². The van der Waals surface area contributed by atoms with Crippen molar-refractivity contribution in [1.29, 1.82) is 4.78 Å². The summed E-state index contributed by atoms with van der Waals surface area (Å²) in [5.74, 6) is -1.77. The molecule has 0 amide bonds. The van der Waals surface area contributed by atoms with Gasteiger partial charge in [0, 0.05) is 27.6 Å². The van der Waals surface area contributed by atoms with E-state index in [2.05, 4.69) is 10.1 Å². The fourth-order valence-electron chi connectivity index (χ4n) is 2.21. The summed E-state index contributed by atoms with van der Waals surface area (Å²) >= 11 is 0. The van der Waals surface area contributed by atoms with Gasteiger partial charge in [-0.1, -0.05) is 6.07 Å². The summed E-state index contributed by atoms with van der Waals surface area (Å²) in [6, 6.07) is 2.72. The number of nitrogens with zero attached hydrogens (tertiary/aromatic N) is 3. The van der Waals surface area contributed by atoms with Crippen molar-refractivity contribution in [3.63, 3.8) is 0 Å². The highest BCUT2D eigenvalue weighted by Gasteiger charge is 2.42. The maximum atomic E-state index is 14.1. The molecule has 0 radical (unpaired) electrons. The van der Waals surface area contributed by atoms with E-state index in [-0.39, 0.29) is 12.1 Å².